The number of aryl methyl sites for hydroxylation is 2. The van der Waals surface area contributed by atoms with Gasteiger partial charge in [-0.2, -0.15) is 0 Å². The lowest BCUT2D eigenvalue weighted by atomic mass is 9.88. The summed E-state index contributed by atoms with van der Waals surface area (Å²) >= 11 is 0. The summed E-state index contributed by atoms with van der Waals surface area (Å²) in [7, 11) is 0. The molecule has 2 heteroatoms. The molecule has 0 saturated carbocycles. The van der Waals surface area contributed by atoms with Crippen molar-refractivity contribution in [3.05, 3.63) is 101 Å². The van der Waals surface area contributed by atoms with E-state index in [9.17, 15) is 4.79 Å². The number of amides is 1. The predicted octanol–water partition coefficient (Wildman–Crippen LogP) is 5.46. The van der Waals surface area contributed by atoms with Crippen LogP contribution in [0.25, 0.3) is 0 Å². The van der Waals surface area contributed by atoms with E-state index < -0.39 is 0 Å². The molecule has 3 aromatic rings. The van der Waals surface area contributed by atoms with E-state index >= 15 is 0 Å². The molecule has 0 aliphatic rings. The third kappa shape index (κ3) is 4.16. The Kier molecular flexibility index (Phi) is 5.30. The average Bonchev–Trinajstić information content (AvgIpc) is 2.64. The first-order valence-electron chi connectivity index (χ1n) is 8.61. The summed E-state index contributed by atoms with van der Waals surface area (Å²) in [5, 5.41) is 3.11. The number of rotatable bonds is 5. The monoisotopic (exact) mass is 329 g/mol. The minimum absolute atomic E-state index is 0.0371. The highest BCUT2D eigenvalue weighted by molar-refractivity contribution is 5.93. The Morgan fingerprint density at radius 3 is 1.72 bits per heavy atom. The molecule has 0 bridgehead atoms. The van der Waals surface area contributed by atoms with E-state index in [0.717, 1.165) is 27.9 Å². The zero-order valence-electron chi connectivity index (χ0n) is 14.7. The quantitative estimate of drug-likeness (QED) is 0.661. The van der Waals surface area contributed by atoms with Crippen molar-refractivity contribution in [1.29, 1.82) is 0 Å². The van der Waals surface area contributed by atoms with E-state index in [2.05, 4.69) is 29.6 Å². The van der Waals surface area contributed by atoms with E-state index in [1.807, 2.05) is 68.4 Å². The Morgan fingerprint density at radius 1 is 0.760 bits per heavy atom. The number of hydrogen-bond donors (Lipinski definition) is 1. The van der Waals surface area contributed by atoms with E-state index in [4.69, 9.17) is 0 Å². The first-order valence-corrected chi connectivity index (χ1v) is 8.61. The molecule has 0 radical (unpaired) electrons. The third-order valence-electron chi connectivity index (χ3n) is 4.54. The first-order chi connectivity index (χ1) is 12.1. The molecular weight excluding hydrogens is 306 g/mol. The number of nitrogens with one attached hydrogen (secondary N) is 1. The van der Waals surface area contributed by atoms with E-state index in [-0.39, 0.29) is 11.8 Å². The number of hydrogen-bond acceptors (Lipinski definition) is 1. The van der Waals surface area contributed by atoms with Gasteiger partial charge in [0.1, 0.15) is 0 Å². The van der Waals surface area contributed by atoms with Gasteiger partial charge < -0.3 is 5.32 Å². The zero-order valence-corrected chi connectivity index (χ0v) is 14.7. The van der Waals surface area contributed by atoms with Crippen molar-refractivity contribution < 1.29 is 4.79 Å². The maximum absolute atomic E-state index is 12.8. The summed E-state index contributed by atoms with van der Waals surface area (Å²) in [4.78, 5) is 12.8. The van der Waals surface area contributed by atoms with Gasteiger partial charge in [0, 0.05) is 18.0 Å². The highest BCUT2D eigenvalue weighted by Crippen LogP contribution is 2.29. The average molecular weight is 329 g/mol. The van der Waals surface area contributed by atoms with Gasteiger partial charge in [-0.15, -0.1) is 0 Å². The molecule has 0 aliphatic carbocycles. The Labute approximate surface area is 149 Å². The number of benzene rings is 3. The zero-order chi connectivity index (χ0) is 17.6. The van der Waals surface area contributed by atoms with Gasteiger partial charge in [-0.05, 0) is 36.1 Å². The van der Waals surface area contributed by atoms with Crippen molar-refractivity contribution >= 4 is 11.6 Å². The summed E-state index contributed by atoms with van der Waals surface area (Å²) in [6.45, 7) is 4.04. The maximum Gasteiger partial charge on any atom is 0.225 e. The van der Waals surface area contributed by atoms with Crippen LogP contribution in [-0.2, 0) is 4.79 Å². The summed E-state index contributed by atoms with van der Waals surface area (Å²) in [6, 6.07) is 26.5. The highest BCUT2D eigenvalue weighted by Gasteiger charge is 2.18. The fourth-order valence-corrected chi connectivity index (χ4v) is 3.19. The molecule has 2 nitrogen and oxygen atoms in total. The highest BCUT2D eigenvalue weighted by atomic mass is 16.1. The molecule has 3 aromatic carbocycles. The van der Waals surface area contributed by atoms with E-state index in [1.54, 1.807) is 0 Å². The summed E-state index contributed by atoms with van der Waals surface area (Å²) in [5.74, 6) is 0.0850. The lowest BCUT2D eigenvalue weighted by Crippen LogP contribution is -2.17. The fraction of sp³-hybridized carbons (Fsp3) is 0.174. The van der Waals surface area contributed by atoms with Crippen molar-refractivity contribution in [2.24, 2.45) is 0 Å². The van der Waals surface area contributed by atoms with E-state index in [1.165, 1.54) is 0 Å². The first kappa shape index (κ1) is 17.0. The third-order valence-corrected chi connectivity index (χ3v) is 4.54. The van der Waals surface area contributed by atoms with Gasteiger partial charge in [0.15, 0.2) is 0 Å². The summed E-state index contributed by atoms with van der Waals surface area (Å²) in [5.41, 5.74) is 5.41. The molecule has 1 N–H and O–H groups in total. The topological polar surface area (TPSA) is 29.1 Å². The lowest BCUT2D eigenvalue weighted by molar-refractivity contribution is -0.116. The van der Waals surface area contributed by atoms with Gasteiger partial charge in [-0.1, -0.05) is 78.9 Å². The second-order valence-corrected chi connectivity index (χ2v) is 6.39. The second kappa shape index (κ2) is 7.80. The van der Waals surface area contributed by atoms with Crippen LogP contribution in [0.4, 0.5) is 5.69 Å². The molecule has 0 unspecified atom stereocenters. The molecule has 0 heterocycles. The number of anilines is 1. The molecule has 126 valence electrons. The smallest absolute Gasteiger partial charge is 0.225 e. The van der Waals surface area contributed by atoms with Crippen LogP contribution in [0.15, 0.2) is 78.9 Å². The number of carbonyl (C=O) groups is 1. The van der Waals surface area contributed by atoms with Crippen molar-refractivity contribution in [1.82, 2.24) is 0 Å². The second-order valence-electron chi connectivity index (χ2n) is 6.39. The molecule has 1 amide bonds. The van der Waals surface area contributed by atoms with E-state index in [0.29, 0.717) is 6.42 Å². The van der Waals surface area contributed by atoms with Crippen LogP contribution in [0.2, 0.25) is 0 Å². The molecule has 25 heavy (non-hydrogen) atoms. The molecular formula is C23H23NO. The largest absolute Gasteiger partial charge is 0.326 e. The van der Waals surface area contributed by atoms with Crippen LogP contribution in [0, 0.1) is 13.8 Å². The van der Waals surface area contributed by atoms with Gasteiger partial charge >= 0.3 is 0 Å². The fourth-order valence-electron chi connectivity index (χ4n) is 3.19. The van der Waals surface area contributed by atoms with Crippen molar-refractivity contribution in [2.45, 2.75) is 26.2 Å². The molecule has 0 aliphatic heterocycles. The van der Waals surface area contributed by atoms with Gasteiger partial charge in [-0.3, -0.25) is 4.79 Å². The minimum atomic E-state index is 0.0371. The molecule has 0 aromatic heterocycles. The Bertz CT molecular complexity index is 781. The van der Waals surface area contributed by atoms with Gasteiger partial charge in [0.05, 0.1) is 0 Å². The predicted molar refractivity (Wildman–Crippen MR) is 104 cm³/mol. The van der Waals surface area contributed by atoms with Crippen LogP contribution in [-0.4, -0.2) is 5.91 Å². The summed E-state index contributed by atoms with van der Waals surface area (Å²) in [6.07, 6.45) is 0.418. The summed E-state index contributed by atoms with van der Waals surface area (Å²) < 4.78 is 0. The normalized spacial score (nSPS) is 10.7. The van der Waals surface area contributed by atoms with Crippen molar-refractivity contribution in [2.75, 3.05) is 5.32 Å². The molecule has 0 saturated heterocycles. The van der Waals surface area contributed by atoms with Gasteiger partial charge in [0.2, 0.25) is 5.91 Å². The lowest BCUT2D eigenvalue weighted by Gasteiger charge is -2.19. The van der Waals surface area contributed by atoms with Gasteiger partial charge in [0.25, 0.3) is 0 Å². The van der Waals surface area contributed by atoms with Crippen LogP contribution in [0.3, 0.4) is 0 Å². The van der Waals surface area contributed by atoms with Crippen molar-refractivity contribution in [3.63, 3.8) is 0 Å². The SMILES string of the molecule is Cc1cccc(C)c1NC(=O)CC(c1ccccc1)c1ccccc1. The van der Waals surface area contributed by atoms with Crippen LogP contribution in [0.5, 0.6) is 0 Å². The molecule has 0 atom stereocenters. The Morgan fingerprint density at radius 2 is 1.24 bits per heavy atom. The Hall–Kier alpha value is -2.87. The minimum Gasteiger partial charge on any atom is -0.326 e. The molecule has 3 rings (SSSR count). The number of para-hydroxylation sites is 1. The number of carbonyl (C=O) groups excluding carboxylic acids is 1. The van der Waals surface area contributed by atoms with Crippen LogP contribution < -0.4 is 5.32 Å². The standard InChI is InChI=1S/C23H23NO/c1-17-10-9-11-18(2)23(17)24-22(25)16-21(19-12-5-3-6-13-19)20-14-7-4-8-15-20/h3-15,21H,16H2,1-2H3,(H,24,25). The van der Waals surface area contributed by atoms with Crippen molar-refractivity contribution in [3.8, 4) is 0 Å². The van der Waals surface area contributed by atoms with Crippen LogP contribution >= 0.6 is 0 Å². The maximum atomic E-state index is 12.8. The molecule has 0 spiro atoms. The van der Waals surface area contributed by atoms with Gasteiger partial charge in [-0.25, -0.2) is 0 Å². The molecule has 0 fully saturated rings. The Balaban J connectivity index is 1.84. The van der Waals surface area contributed by atoms with Crippen LogP contribution in [0.1, 0.15) is 34.6 Å².